The van der Waals surface area contributed by atoms with Crippen LogP contribution in [-0.2, 0) is 0 Å². The summed E-state index contributed by atoms with van der Waals surface area (Å²) in [6, 6.07) is 4.07. The topological polar surface area (TPSA) is 37.8 Å². The number of aromatic nitrogens is 2. The zero-order valence-electron chi connectivity index (χ0n) is 10.1. The van der Waals surface area contributed by atoms with Crippen LogP contribution in [0, 0.1) is 11.8 Å². The van der Waals surface area contributed by atoms with Crippen molar-refractivity contribution < 1.29 is 0 Å². The third-order valence-electron chi connectivity index (χ3n) is 2.56. The zero-order valence-corrected chi connectivity index (χ0v) is 11.7. The Morgan fingerprint density at radius 1 is 1.21 bits per heavy atom. The summed E-state index contributed by atoms with van der Waals surface area (Å²) in [5.41, 5.74) is 1.09. The van der Waals surface area contributed by atoms with Crippen LogP contribution in [0.2, 0.25) is 0 Å². The van der Waals surface area contributed by atoms with Crippen LogP contribution in [0.1, 0.15) is 12.0 Å². The summed E-state index contributed by atoms with van der Waals surface area (Å²) in [7, 11) is 0. The average molecular weight is 285 g/mol. The normalized spacial score (nSPS) is 10.1. The number of nitrogens with zero attached hydrogens (tertiary/aromatic N) is 2. The molecule has 3 aromatic rings. The highest BCUT2D eigenvalue weighted by molar-refractivity contribution is 7.16. The second-order valence-corrected chi connectivity index (χ2v) is 5.53. The summed E-state index contributed by atoms with van der Waals surface area (Å²) in [5, 5.41) is 10.5. The van der Waals surface area contributed by atoms with E-state index in [0.29, 0.717) is 0 Å². The van der Waals surface area contributed by atoms with Crippen molar-refractivity contribution >= 4 is 38.7 Å². The molecule has 1 N–H and O–H groups in total. The molecule has 5 heteroatoms. The van der Waals surface area contributed by atoms with Crippen molar-refractivity contribution in [3.63, 3.8) is 0 Å². The Morgan fingerprint density at radius 2 is 2.21 bits per heavy atom. The van der Waals surface area contributed by atoms with Crippen LogP contribution in [0.5, 0.6) is 0 Å². The Kier molecular flexibility index (Phi) is 3.73. The molecule has 3 nitrogen and oxygen atoms in total. The number of nitrogens with one attached hydrogen (secondary N) is 1. The Hall–Kier alpha value is -1.90. The van der Waals surface area contributed by atoms with Crippen molar-refractivity contribution in [3.8, 4) is 11.8 Å². The van der Waals surface area contributed by atoms with Crippen molar-refractivity contribution in [1.82, 2.24) is 9.97 Å². The van der Waals surface area contributed by atoms with Gasteiger partial charge in [0.25, 0.3) is 0 Å². The smallest absolute Gasteiger partial charge is 0.138 e. The van der Waals surface area contributed by atoms with Crippen LogP contribution < -0.4 is 5.32 Å². The highest BCUT2D eigenvalue weighted by Gasteiger charge is 2.02. The van der Waals surface area contributed by atoms with Crippen LogP contribution in [-0.4, -0.2) is 16.5 Å². The van der Waals surface area contributed by atoms with Crippen LogP contribution in [0.3, 0.4) is 0 Å². The van der Waals surface area contributed by atoms with Gasteiger partial charge in [-0.1, -0.05) is 11.8 Å². The fraction of sp³-hybridized carbons (Fsp3) is 0.143. The van der Waals surface area contributed by atoms with Gasteiger partial charge in [-0.25, -0.2) is 9.97 Å². The predicted octanol–water partition coefficient (Wildman–Crippen LogP) is 3.61. The van der Waals surface area contributed by atoms with Crippen molar-refractivity contribution in [2.45, 2.75) is 6.42 Å². The maximum atomic E-state index is 4.26. The van der Waals surface area contributed by atoms with Crippen LogP contribution in [0.4, 0.5) is 5.82 Å². The number of thiophene rings is 2. The predicted molar refractivity (Wildman–Crippen MR) is 81.7 cm³/mol. The third kappa shape index (κ3) is 2.92. The van der Waals surface area contributed by atoms with E-state index in [1.807, 2.05) is 22.9 Å². The third-order valence-corrected chi connectivity index (χ3v) is 4.06. The molecule has 0 aromatic carbocycles. The van der Waals surface area contributed by atoms with Gasteiger partial charge in [0.1, 0.15) is 17.0 Å². The van der Waals surface area contributed by atoms with Gasteiger partial charge >= 0.3 is 0 Å². The quantitative estimate of drug-likeness (QED) is 0.590. The summed E-state index contributed by atoms with van der Waals surface area (Å²) >= 11 is 3.29. The fourth-order valence-electron chi connectivity index (χ4n) is 1.67. The lowest BCUT2D eigenvalue weighted by molar-refractivity contribution is 1.07. The molecule has 0 fully saturated rings. The lowest BCUT2D eigenvalue weighted by atomic mass is 10.3. The van der Waals surface area contributed by atoms with Gasteiger partial charge in [-0.2, -0.15) is 11.3 Å². The second-order valence-electron chi connectivity index (χ2n) is 3.85. The van der Waals surface area contributed by atoms with E-state index >= 15 is 0 Å². The highest BCUT2D eigenvalue weighted by Crippen LogP contribution is 2.23. The Balaban J connectivity index is 1.59. The number of anilines is 1. The van der Waals surface area contributed by atoms with E-state index in [4.69, 9.17) is 0 Å². The SMILES string of the molecule is C(#Cc1ccsc1)CCNc1ncnc2sccc12. The molecule has 0 saturated carbocycles. The summed E-state index contributed by atoms with van der Waals surface area (Å²) in [6.07, 6.45) is 2.39. The van der Waals surface area contributed by atoms with Crippen LogP contribution >= 0.6 is 22.7 Å². The number of fused-ring (bicyclic) bond motifs is 1. The van der Waals surface area contributed by atoms with E-state index in [0.717, 1.165) is 34.6 Å². The van der Waals surface area contributed by atoms with E-state index in [9.17, 15) is 0 Å². The van der Waals surface area contributed by atoms with Crippen LogP contribution in [0.15, 0.2) is 34.6 Å². The zero-order chi connectivity index (χ0) is 12.9. The molecule has 3 heterocycles. The number of hydrogen-bond acceptors (Lipinski definition) is 5. The summed E-state index contributed by atoms with van der Waals surface area (Å²) < 4.78 is 0. The lowest BCUT2D eigenvalue weighted by Gasteiger charge is -2.03. The molecule has 0 atom stereocenters. The van der Waals surface area contributed by atoms with Gasteiger partial charge in [-0.15, -0.1) is 11.3 Å². The second kappa shape index (κ2) is 5.83. The lowest BCUT2D eigenvalue weighted by Crippen LogP contribution is -2.02. The minimum atomic E-state index is 0.791. The van der Waals surface area contributed by atoms with E-state index in [1.54, 1.807) is 29.0 Å². The maximum Gasteiger partial charge on any atom is 0.138 e. The summed E-state index contributed by atoms with van der Waals surface area (Å²) in [5.74, 6) is 7.18. The number of rotatable bonds is 3. The molecular weight excluding hydrogens is 274 g/mol. The molecule has 19 heavy (non-hydrogen) atoms. The molecule has 0 aliphatic carbocycles. The van der Waals surface area contributed by atoms with Crippen molar-refractivity contribution in [1.29, 1.82) is 0 Å². The Bertz CT molecular complexity index is 720. The van der Waals surface area contributed by atoms with Gasteiger partial charge in [-0.05, 0) is 22.9 Å². The molecule has 0 bridgehead atoms. The van der Waals surface area contributed by atoms with E-state index in [1.165, 1.54) is 0 Å². The number of hydrogen-bond donors (Lipinski definition) is 1. The molecule has 0 aliphatic heterocycles. The molecule has 3 rings (SSSR count). The maximum absolute atomic E-state index is 4.26. The largest absolute Gasteiger partial charge is 0.368 e. The molecule has 0 aliphatic rings. The molecule has 0 spiro atoms. The van der Waals surface area contributed by atoms with Crippen molar-refractivity contribution in [2.75, 3.05) is 11.9 Å². The van der Waals surface area contributed by atoms with E-state index in [-0.39, 0.29) is 0 Å². The minimum absolute atomic E-state index is 0.791. The van der Waals surface area contributed by atoms with Gasteiger partial charge in [-0.3, -0.25) is 0 Å². The van der Waals surface area contributed by atoms with Gasteiger partial charge < -0.3 is 5.32 Å². The van der Waals surface area contributed by atoms with Crippen LogP contribution in [0.25, 0.3) is 10.2 Å². The first-order valence-electron chi connectivity index (χ1n) is 5.86. The molecule has 0 amide bonds. The Morgan fingerprint density at radius 3 is 3.11 bits per heavy atom. The van der Waals surface area contributed by atoms with Gasteiger partial charge in [0.2, 0.25) is 0 Å². The first-order valence-corrected chi connectivity index (χ1v) is 7.69. The molecule has 0 saturated heterocycles. The minimum Gasteiger partial charge on any atom is -0.368 e. The molecule has 3 aromatic heterocycles. The molecule has 0 unspecified atom stereocenters. The first kappa shape index (κ1) is 12.2. The van der Waals surface area contributed by atoms with Crippen molar-refractivity contribution in [3.05, 3.63) is 40.2 Å². The molecule has 0 radical (unpaired) electrons. The van der Waals surface area contributed by atoms with Crippen molar-refractivity contribution in [2.24, 2.45) is 0 Å². The van der Waals surface area contributed by atoms with E-state index < -0.39 is 0 Å². The molecule has 94 valence electrons. The monoisotopic (exact) mass is 285 g/mol. The average Bonchev–Trinajstić information content (AvgIpc) is 3.09. The highest BCUT2D eigenvalue weighted by atomic mass is 32.1. The van der Waals surface area contributed by atoms with E-state index in [2.05, 4.69) is 32.5 Å². The summed E-state index contributed by atoms with van der Waals surface area (Å²) in [4.78, 5) is 9.50. The Labute approximate surface area is 119 Å². The van der Waals surface area contributed by atoms with Gasteiger partial charge in [0.05, 0.1) is 5.39 Å². The molecular formula is C14H11N3S2. The van der Waals surface area contributed by atoms with Gasteiger partial charge in [0, 0.05) is 23.9 Å². The fourth-order valence-corrected chi connectivity index (χ4v) is 3.00. The summed E-state index contributed by atoms with van der Waals surface area (Å²) in [6.45, 7) is 0.791. The standard InChI is InChI=1S/C14H11N3S2/c1(3-11-4-7-18-9-11)2-6-15-13-12-5-8-19-14(12)17-10-16-13/h4-5,7-10H,2,6H2,(H,15,16,17). The van der Waals surface area contributed by atoms with Gasteiger partial charge in [0.15, 0.2) is 0 Å². The first-order chi connectivity index (χ1) is 9.43.